The van der Waals surface area contributed by atoms with E-state index >= 15 is 0 Å². The molecule has 1 aliphatic heterocycles. The van der Waals surface area contributed by atoms with Gasteiger partial charge in [0.15, 0.2) is 17.0 Å². The molecule has 2 N–H and O–H groups in total. The summed E-state index contributed by atoms with van der Waals surface area (Å²) in [6, 6.07) is 0.200. The summed E-state index contributed by atoms with van der Waals surface area (Å²) >= 11 is 0. The normalized spacial score (nSPS) is 16.4. The maximum absolute atomic E-state index is 12.3. The summed E-state index contributed by atoms with van der Waals surface area (Å²) in [5.74, 6) is 2.16. The predicted molar refractivity (Wildman–Crippen MR) is 114 cm³/mol. The van der Waals surface area contributed by atoms with Crippen molar-refractivity contribution in [3.05, 3.63) is 24.5 Å². The molecule has 4 rings (SSSR count). The molecule has 30 heavy (non-hydrogen) atoms. The van der Waals surface area contributed by atoms with Crippen LogP contribution in [0.1, 0.15) is 33.0 Å². The predicted octanol–water partition coefficient (Wildman–Crippen LogP) is 2.22. The fourth-order valence-corrected chi connectivity index (χ4v) is 3.66. The monoisotopic (exact) mass is 409 g/mol. The van der Waals surface area contributed by atoms with E-state index in [0.717, 1.165) is 23.5 Å². The quantitative estimate of drug-likeness (QED) is 0.664. The van der Waals surface area contributed by atoms with Crippen LogP contribution >= 0.6 is 0 Å². The second kappa shape index (κ2) is 8.21. The summed E-state index contributed by atoms with van der Waals surface area (Å²) in [7, 11) is 0. The van der Waals surface area contributed by atoms with Crippen molar-refractivity contribution in [2.24, 2.45) is 0 Å². The van der Waals surface area contributed by atoms with Crippen molar-refractivity contribution in [1.82, 2.24) is 39.7 Å². The topological polar surface area (TPSA) is 114 Å². The Morgan fingerprint density at radius 1 is 1.23 bits per heavy atom. The molecule has 1 fully saturated rings. The van der Waals surface area contributed by atoms with E-state index in [0.29, 0.717) is 36.8 Å². The van der Waals surface area contributed by atoms with Gasteiger partial charge in [-0.3, -0.25) is 0 Å². The van der Waals surface area contributed by atoms with Crippen LogP contribution in [0.3, 0.4) is 0 Å². The number of nitrogens with zero attached hydrogens (tertiary/aromatic N) is 7. The first-order valence-corrected chi connectivity index (χ1v) is 10.3. The average molecular weight is 409 g/mol. The fourth-order valence-electron chi connectivity index (χ4n) is 3.66. The van der Waals surface area contributed by atoms with Gasteiger partial charge in [-0.1, -0.05) is 0 Å². The van der Waals surface area contributed by atoms with Gasteiger partial charge in [-0.15, -0.1) is 0 Å². The molecule has 1 unspecified atom stereocenters. The Labute approximate surface area is 175 Å². The molecule has 3 aromatic rings. The number of aromatic nitrogens is 6. The van der Waals surface area contributed by atoms with Crippen LogP contribution in [0.2, 0.25) is 0 Å². The Kier molecular flexibility index (Phi) is 5.47. The number of urea groups is 1. The number of rotatable bonds is 5. The zero-order valence-corrected chi connectivity index (χ0v) is 17.8. The SMILES string of the molecule is CCn1c(-c2cnc(C)nc2)nc2c(NC3CCN(C(=O)NC(C)C)C3)ncnc21. The van der Waals surface area contributed by atoms with Crippen molar-refractivity contribution in [3.8, 4) is 11.4 Å². The summed E-state index contributed by atoms with van der Waals surface area (Å²) in [6.07, 6.45) is 5.95. The molecule has 4 heterocycles. The number of anilines is 1. The van der Waals surface area contributed by atoms with Crippen LogP contribution < -0.4 is 10.6 Å². The first kappa shape index (κ1) is 20.0. The minimum Gasteiger partial charge on any atom is -0.364 e. The molecule has 0 bridgehead atoms. The van der Waals surface area contributed by atoms with Crippen molar-refractivity contribution < 1.29 is 4.79 Å². The number of aryl methyl sites for hydroxylation is 2. The van der Waals surface area contributed by atoms with Crippen molar-refractivity contribution in [2.75, 3.05) is 18.4 Å². The number of amides is 2. The number of carbonyl (C=O) groups is 1. The Morgan fingerprint density at radius 2 is 2.00 bits per heavy atom. The van der Waals surface area contributed by atoms with Gasteiger partial charge in [0.25, 0.3) is 0 Å². The van der Waals surface area contributed by atoms with Gasteiger partial charge in [-0.2, -0.15) is 0 Å². The molecule has 10 nitrogen and oxygen atoms in total. The second-order valence-electron chi connectivity index (χ2n) is 7.77. The van der Waals surface area contributed by atoms with E-state index in [1.165, 1.54) is 0 Å². The Morgan fingerprint density at radius 3 is 2.70 bits per heavy atom. The van der Waals surface area contributed by atoms with Gasteiger partial charge < -0.3 is 20.1 Å². The minimum atomic E-state index is -0.0287. The lowest BCUT2D eigenvalue weighted by Crippen LogP contribution is -2.42. The number of hydrogen-bond acceptors (Lipinski definition) is 7. The fraction of sp³-hybridized carbons (Fsp3) is 0.500. The highest BCUT2D eigenvalue weighted by Gasteiger charge is 2.28. The van der Waals surface area contributed by atoms with E-state index in [1.54, 1.807) is 18.7 Å². The Hall–Kier alpha value is -3.30. The largest absolute Gasteiger partial charge is 0.364 e. The summed E-state index contributed by atoms with van der Waals surface area (Å²) in [5.41, 5.74) is 2.31. The molecule has 0 aromatic carbocycles. The third kappa shape index (κ3) is 3.89. The van der Waals surface area contributed by atoms with Gasteiger partial charge >= 0.3 is 6.03 Å². The molecule has 10 heteroatoms. The first-order chi connectivity index (χ1) is 14.5. The number of fused-ring (bicyclic) bond motifs is 1. The molecule has 3 aromatic heterocycles. The van der Waals surface area contributed by atoms with E-state index in [9.17, 15) is 4.79 Å². The van der Waals surface area contributed by atoms with E-state index in [-0.39, 0.29) is 18.1 Å². The molecular weight excluding hydrogens is 382 g/mol. The van der Waals surface area contributed by atoms with Gasteiger partial charge in [-0.05, 0) is 34.1 Å². The average Bonchev–Trinajstić information content (AvgIpc) is 3.33. The Bertz CT molecular complexity index is 1040. The highest BCUT2D eigenvalue weighted by molar-refractivity contribution is 5.86. The standard InChI is InChI=1S/C20H27N9O/c1-5-29-18(14-8-21-13(4)22-9-14)27-16-17(23-11-24-19(16)29)26-15-6-7-28(10-15)20(30)25-12(2)3/h8-9,11-12,15H,5-7,10H2,1-4H3,(H,25,30)(H,23,24,26). The molecule has 1 atom stereocenters. The smallest absolute Gasteiger partial charge is 0.317 e. The van der Waals surface area contributed by atoms with Gasteiger partial charge in [0.1, 0.15) is 18.0 Å². The highest BCUT2D eigenvalue weighted by Crippen LogP contribution is 2.27. The minimum absolute atomic E-state index is 0.0287. The van der Waals surface area contributed by atoms with Crippen molar-refractivity contribution in [3.63, 3.8) is 0 Å². The summed E-state index contributed by atoms with van der Waals surface area (Å²) in [5, 5.41) is 6.41. The lowest BCUT2D eigenvalue weighted by Gasteiger charge is -2.19. The first-order valence-electron chi connectivity index (χ1n) is 10.3. The van der Waals surface area contributed by atoms with Crippen LogP contribution in [-0.4, -0.2) is 65.6 Å². The Balaban J connectivity index is 1.60. The lowest BCUT2D eigenvalue weighted by molar-refractivity contribution is 0.206. The van der Waals surface area contributed by atoms with Gasteiger partial charge in [-0.25, -0.2) is 29.7 Å². The summed E-state index contributed by atoms with van der Waals surface area (Å²) < 4.78 is 2.03. The maximum atomic E-state index is 12.3. The summed E-state index contributed by atoms with van der Waals surface area (Å²) in [4.78, 5) is 36.4. The van der Waals surface area contributed by atoms with Crippen LogP contribution in [-0.2, 0) is 6.54 Å². The van der Waals surface area contributed by atoms with Crippen LogP contribution in [0.4, 0.5) is 10.6 Å². The third-order valence-electron chi connectivity index (χ3n) is 5.12. The molecule has 1 saturated heterocycles. The number of imidazole rings is 1. The molecule has 0 spiro atoms. The van der Waals surface area contributed by atoms with E-state index in [4.69, 9.17) is 4.98 Å². The van der Waals surface area contributed by atoms with E-state index in [2.05, 4.69) is 37.5 Å². The molecular formula is C20H27N9O. The van der Waals surface area contributed by atoms with Crippen molar-refractivity contribution in [1.29, 1.82) is 0 Å². The maximum Gasteiger partial charge on any atom is 0.317 e. The van der Waals surface area contributed by atoms with Gasteiger partial charge in [0.05, 0.1) is 5.56 Å². The van der Waals surface area contributed by atoms with Crippen LogP contribution in [0, 0.1) is 6.92 Å². The molecule has 158 valence electrons. The molecule has 0 saturated carbocycles. The number of hydrogen-bond donors (Lipinski definition) is 2. The van der Waals surface area contributed by atoms with Crippen LogP contribution in [0.15, 0.2) is 18.7 Å². The van der Waals surface area contributed by atoms with Crippen molar-refractivity contribution in [2.45, 2.75) is 52.7 Å². The lowest BCUT2D eigenvalue weighted by atomic mass is 10.2. The second-order valence-corrected chi connectivity index (χ2v) is 7.77. The van der Waals surface area contributed by atoms with Crippen LogP contribution in [0.25, 0.3) is 22.6 Å². The molecule has 0 aliphatic carbocycles. The molecule has 2 amide bonds. The van der Waals surface area contributed by atoms with E-state index in [1.807, 2.05) is 30.2 Å². The van der Waals surface area contributed by atoms with Gasteiger partial charge in [0, 0.05) is 44.1 Å². The zero-order valence-electron chi connectivity index (χ0n) is 17.8. The molecule has 0 radical (unpaired) electrons. The van der Waals surface area contributed by atoms with Crippen LogP contribution in [0.5, 0.6) is 0 Å². The number of carbonyl (C=O) groups excluding carboxylic acids is 1. The van der Waals surface area contributed by atoms with E-state index < -0.39 is 0 Å². The number of likely N-dealkylation sites (tertiary alicyclic amines) is 1. The highest BCUT2D eigenvalue weighted by atomic mass is 16.2. The number of nitrogens with one attached hydrogen (secondary N) is 2. The third-order valence-corrected chi connectivity index (χ3v) is 5.12. The van der Waals surface area contributed by atoms with Gasteiger partial charge in [0.2, 0.25) is 0 Å². The summed E-state index contributed by atoms with van der Waals surface area (Å²) in [6.45, 7) is 9.87. The zero-order chi connectivity index (χ0) is 21.3. The van der Waals surface area contributed by atoms with Crippen molar-refractivity contribution >= 4 is 23.0 Å². The molecule has 1 aliphatic rings.